The number of carbonyl (C=O) groups excluding carboxylic acids is 1. The monoisotopic (exact) mass is 246 g/mol. The first-order valence-corrected chi connectivity index (χ1v) is 6.67. The van der Waals surface area contributed by atoms with Gasteiger partial charge in [-0.2, -0.15) is 0 Å². The van der Waals surface area contributed by atoms with E-state index in [0.717, 1.165) is 25.7 Å². The Morgan fingerprint density at radius 2 is 1.89 bits per heavy atom. The number of hydrogen-bond donors (Lipinski definition) is 1. The molecule has 2 rings (SSSR count). The molecule has 1 aliphatic carbocycles. The molecule has 18 heavy (non-hydrogen) atoms. The van der Waals surface area contributed by atoms with Crippen molar-refractivity contribution in [3.8, 4) is 0 Å². The molecule has 2 N–H and O–H groups in total. The van der Waals surface area contributed by atoms with Gasteiger partial charge in [0.25, 0.3) is 0 Å². The second-order valence-electron chi connectivity index (χ2n) is 5.34. The van der Waals surface area contributed by atoms with Gasteiger partial charge in [0.15, 0.2) is 0 Å². The van der Waals surface area contributed by atoms with Crippen LogP contribution in [0.1, 0.15) is 31.2 Å². The van der Waals surface area contributed by atoms with Crippen molar-refractivity contribution in [1.82, 2.24) is 4.90 Å². The van der Waals surface area contributed by atoms with Crippen molar-refractivity contribution in [2.24, 2.45) is 11.1 Å². The molecule has 3 nitrogen and oxygen atoms in total. The lowest BCUT2D eigenvalue weighted by atomic mass is 9.84. The van der Waals surface area contributed by atoms with E-state index in [4.69, 9.17) is 5.73 Å². The lowest BCUT2D eigenvalue weighted by Gasteiger charge is -2.31. The zero-order valence-corrected chi connectivity index (χ0v) is 11.1. The van der Waals surface area contributed by atoms with Crippen LogP contribution in [0.25, 0.3) is 0 Å². The van der Waals surface area contributed by atoms with E-state index in [-0.39, 0.29) is 11.3 Å². The van der Waals surface area contributed by atoms with Gasteiger partial charge >= 0.3 is 0 Å². The summed E-state index contributed by atoms with van der Waals surface area (Å²) in [6.07, 6.45) is 4.15. The van der Waals surface area contributed by atoms with E-state index in [2.05, 4.69) is 0 Å². The van der Waals surface area contributed by atoms with Crippen LogP contribution in [-0.4, -0.2) is 24.4 Å². The summed E-state index contributed by atoms with van der Waals surface area (Å²) in [5.41, 5.74) is 6.73. The molecular formula is C15H22N2O. The smallest absolute Gasteiger partial charge is 0.230 e. The molecule has 0 atom stereocenters. The minimum absolute atomic E-state index is 0.214. The summed E-state index contributed by atoms with van der Waals surface area (Å²) >= 11 is 0. The molecule has 0 aliphatic heterocycles. The molecule has 1 aromatic carbocycles. The summed E-state index contributed by atoms with van der Waals surface area (Å²) in [4.78, 5) is 14.4. The Bertz CT molecular complexity index is 396. The molecule has 0 aromatic heterocycles. The standard InChI is InChI=1S/C15H22N2O/c1-17(11-13-7-3-2-4-8-13)14(18)15(12-16)9-5-6-10-15/h2-4,7-8H,5-6,9-12,16H2,1H3. The minimum atomic E-state index is -0.288. The topological polar surface area (TPSA) is 46.3 Å². The Morgan fingerprint density at radius 3 is 2.44 bits per heavy atom. The third-order valence-corrected chi connectivity index (χ3v) is 4.01. The van der Waals surface area contributed by atoms with E-state index >= 15 is 0 Å². The second-order valence-corrected chi connectivity index (χ2v) is 5.34. The van der Waals surface area contributed by atoms with E-state index < -0.39 is 0 Å². The van der Waals surface area contributed by atoms with Gasteiger partial charge in [0.05, 0.1) is 5.41 Å². The van der Waals surface area contributed by atoms with Crippen molar-refractivity contribution in [2.75, 3.05) is 13.6 Å². The number of nitrogens with two attached hydrogens (primary N) is 1. The highest BCUT2D eigenvalue weighted by molar-refractivity contribution is 5.83. The van der Waals surface area contributed by atoms with Crippen LogP contribution in [-0.2, 0) is 11.3 Å². The fraction of sp³-hybridized carbons (Fsp3) is 0.533. The quantitative estimate of drug-likeness (QED) is 0.885. The molecule has 0 saturated heterocycles. The predicted octanol–water partition coefficient (Wildman–Crippen LogP) is 2.16. The molecule has 98 valence electrons. The molecular weight excluding hydrogens is 224 g/mol. The number of nitrogens with zero attached hydrogens (tertiary/aromatic N) is 1. The number of carbonyl (C=O) groups is 1. The van der Waals surface area contributed by atoms with Crippen molar-refractivity contribution in [2.45, 2.75) is 32.2 Å². The van der Waals surface area contributed by atoms with Gasteiger partial charge < -0.3 is 10.6 Å². The number of benzene rings is 1. The average Bonchev–Trinajstić information content (AvgIpc) is 2.89. The summed E-state index contributed by atoms with van der Waals surface area (Å²) < 4.78 is 0. The van der Waals surface area contributed by atoms with Gasteiger partial charge in [0, 0.05) is 20.1 Å². The van der Waals surface area contributed by atoms with E-state index in [0.29, 0.717) is 13.1 Å². The lowest BCUT2D eigenvalue weighted by molar-refractivity contribution is -0.140. The Labute approximate surface area is 109 Å². The van der Waals surface area contributed by atoms with Crippen molar-refractivity contribution >= 4 is 5.91 Å². The first-order chi connectivity index (χ1) is 8.68. The van der Waals surface area contributed by atoms with Crippen LogP contribution in [0.5, 0.6) is 0 Å². The molecule has 1 amide bonds. The molecule has 0 unspecified atom stereocenters. The summed E-state index contributed by atoms with van der Waals surface area (Å²) in [6, 6.07) is 10.1. The molecule has 0 spiro atoms. The predicted molar refractivity (Wildman–Crippen MR) is 72.9 cm³/mol. The molecule has 1 aromatic rings. The molecule has 3 heteroatoms. The molecule has 1 saturated carbocycles. The Kier molecular flexibility index (Phi) is 4.02. The van der Waals surface area contributed by atoms with Crippen LogP contribution < -0.4 is 5.73 Å². The highest BCUT2D eigenvalue weighted by Gasteiger charge is 2.41. The van der Waals surface area contributed by atoms with E-state index in [1.165, 1.54) is 5.56 Å². The number of hydrogen-bond acceptors (Lipinski definition) is 2. The van der Waals surface area contributed by atoms with Gasteiger partial charge in [-0.05, 0) is 18.4 Å². The lowest BCUT2D eigenvalue weighted by Crippen LogP contribution is -2.44. The highest BCUT2D eigenvalue weighted by atomic mass is 16.2. The molecule has 1 aliphatic rings. The normalized spacial score (nSPS) is 17.7. The maximum absolute atomic E-state index is 12.5. The SMILES string of the molecule is CN(Cc1ccccc1)C(=O)C1(CN)CCCC1. The molecule has 0 heterocycles. The molecule has 1 fully saturated rings. The highest BCUT2D eigenvalue weighted by Crippen LogP contribution is 2.38. The zero-order chi connectivity index (χ0) is 13.0. The first kappa shape index (κ1) is 13.1. The maximum Gasteiger partial charge on any atom is 0.230 e. The van der Waals surface area contributed by atoms with E-state index in [9.17, 15) is 4.79 Å². The minimum Gasteiger partial charge on any atom is -0.341 e. The number of rotatable bonds is 4. The van der Waals surface area contributed by atoms with Gasteiger partial charge in [-0.25, -0.2) is 0 Å². The summed E-state index contributed by atoms with van der Waals surface area (Å²) in [7, 11) is 1.88. The Hall–Kier alpha value is -1.35. The fourth-order valence-electron chi connectivity index (χ4n) is 2.89. The van der Waals surface area contributed by atoms with Gasteiger partial charge in [0.1, 0.15) is 0 Å². The van der Waals surface area contributed by atoms with Crippen LogP contribution in [0.3, 0.4) is 0 Å². The van der Waals surface area contributed by atoms with E-state index in [1.807, 2.05) is 42.3 Å². The largest absolute Gasteiger partial charge is 0.341 e. The summed E-state index contributed by atoms with van der Waals surface area (Å²) in [5.74, 6) is 0.214. The van der Waals surface area contributed by atoms with Gasteiger partial charge in [-0.3, -0.25) is 4.79 Å². The Balaban J connectivity index is 2.04. The van der Waals surface area contributed by atoms with Crippen molar-refractivity contribution in [3.63, 3.8) is 0 Å². The van der Waals surface area contributed by atoms with Crippen LogP contribution in [0.15, 0.2) is 30.3 Å². The van der Waals surface area contributed by atoms with Crippen LogP contribution in [0.4, 0.5) is 0 Å². The van der Waals surface area contributed by atoms with Gasteiger partial charge in [0.2, 0.25) is 5.91 Å². The third-order valence-electron chi connectivity index (χ3n) is 4.01. The van der Waals surface area contributed by atoms with Crippen LogP contribution >= 0.6 is 0 Å². The fourth-order valence-corrected chi connectivity index (χ4v) is 2.89. The van der Waals surface area contributed by atoms with E-state index in [1.54, 1.807) is 0 Å². The van der Waals surface area contributed by atoms with Gasteiger partial charge in [-0.1, -0.05) is 43.2 Å². The summed E-state index contributed by atoms with van der Waals surface area (Å²) in [5, 5.41) is 0. The first-order valence-electron chi connectivity index (χ1n) is 6.67. The van der Waals surface area contributed by atoms with Crippen molar-refractivity contribution in [1.29, 1.82) is 0 Å². The van der Waals surface area contributed by atoms with Gasteiger partial charge in [-0.15, -0.1) is 0 Å². The van der Waals surface area contributed by atoms with Crippen LogP contribution in [0, 0.1) is 5.41 Å². The van der Waals surface area contributed by atoms with Crippen LogP contribution in [0.2, 0.25) is 0 Å². The third kappa shape index (κ3) is 2.56. The second kappa shape index (κ2) is 5.53. The Morgan fingerprint density at radius 1 is 1.28 bits per heavy atom. The number of amides is 1. The summed E-state index contributed by atoms with van der Waals surface area (Å²) in [6.45, 7) is 1.15. The zero-order valence-electron chi connectivity index (χ0n) is 11.1. The van der Waals surface area contributed by atoms with Crippen molar-refractivity contribution < 1.29 is 4.79 Å². The molecule has 0 bridgehead atoms. The molecule has 0 radical (unpaired) electrons. The van der Waals surface area contributed by atoms with Crippen molar-refractivity contribution in [3.05, 3.63) is 35.9 Å². The maximum atomic E-state index is 12.5. The average molecular weight is 246 g/mol.